The smallest absolute Gasteiger partial charge is 0.169 e. The van der Waals surface area contributed by atoms with Crippen molar-refractivity contribution in [3.63, 3.8) is 0 Å². The maximum atomic E-state index is 5.94. The minimum Gasteiger partial charge on any atom is -0.490 e. The van der Waals surface area contributed by atoms with E-state index >= 15 is 0 Å². The van der Waals surface area contributed by atoms with E-state index in [0.717, 1.165) is 17.9 Å². The van der Waals surface area contributed by atoms with Gasteiger partial charge in [-0.15, -0.1) is 0 Å². The second-order valence-corrected chi connectivity index (χ2v) is 4.42. The molecule has 1 heterocycles. The van der Waals surface area contributed by atoms with E-state index in [-0.39, 0.29) is 6.04 Å². The second kappa shape index (κ2) is 6.91. The molecule has 0 spiro atoms. The number of hydrogen-bond donors (Lipinski definition) is 1. The third-order valence-electron chi connectivity index (χ3n) is 2.96. The first-order chi connectivity index (χ1) is 9.74. The molecule has 0 fully saturated rings. The van der Waals surface area contributed by atoms with Gasteiger partial charge in [-0.1, -0.05) is 19.1 Å². The van der Waals surface area contributed by atoms with E-state index in [2.05, 4.69) is 4.98 Å². The lowest BCUT2D eigenvalue weighted by atomic mass is 10.1. The molecule has 0 aliphatic rings. The molecule has 1 atom stereocenters. The molecular formula is C16H20N2O2. The van der Waals surface area contributed by atoms with Gasteiger partial charge in [0.15, 0.2) is 11.5 Å². The highest BCUT2D eigenvalue weighted by Crippen LogP contribution is 2.31. The summed E-state index contributed by atoms with van der Waals surface area (Å²) in [6, 6.07) is 11.3. The number of ether oxygens (including phenoxy) is 2. The summed E-state index contributed by atoms with van der Waals surface area (Å²) in [6.45, 7) is 4.58. The van der Waals surface area contributed by atoms with Crippen LogP contribution in [-0.2, 0) is 0 Å². The van der Waals surface area contributed by atoms with Gasteiger partial charge in [-0.2, -0.15) is 0 Å². The van der Waals surface area contributed by atoms with Crippen LogP contribution >= 0.6 is 0 Å². The molecule has 2 rings (SSSR count). The zero-order chi connectivity index (χ0) is 14.4. The number of para-hydroxylation sites is 2. The van der Waals surface area contributed by atoms with Crippen LogP contribution in [0, 0.1) is 0 Å². The summed E-state index contributed by atoms with van der Waals surface area (Å²) in [5, 5.41) is 0. The first kappa shape index (κ1) is 14.3. The molecule has 106 valence electrons. The van der Waals surface area contributed by atoms with Gasteiger partial charge in [0.05, 0.1) is 18.5 Å². The fourth-order valence-electron chi connectivity index (χ4n) is 1.82. The minimum absolute atomic E-state index is 0.0280. The molecule has 0 aliphatic heterocycles. The van der Waals surface area contributed by atoms with Gasteiger partial charge in [0.1, 0.15) is 5.75 Å². The van der Waals surface area contributed by atoms with E-state index in [1.807, 2.05) is 50.2 Å². The van der Waals surface area contributed by atoms with Gasteiger partial charge in [-0.05, 0) is 37.6 Å². The van der Waals surface area contributed by atoms with Crippen LogP contribution in [-0.4, -0.2) is 11.6 Å². The zero-order valence-corrected chi connectivity index (χ0v) is 11.9. The van der Waals surface area contributed by atoms with E-state index < -0.39 is 0 Å². The Bertz CT molecular complexity index is 540. The van der Waals surface area contributed by atoms with Crippen LogP contribution in [0.15, 0.2) is 42.6 Å². The topological polar surface area (TPSA) is 57.4 Å². The van der Waals surface area contributed by atoms with Crippen LogP contribution in [0.1, 0.15) is 32.0 Å². The number of benzene rings is 1. The molecule has 1 aromatic heterocycles. The number of nitrogens with zero attached hydrogens (tertiary/aromatic N) is 1. The Morgan fingerprint density at radius 1 is 1.10 bits per heavy atom. The summed E-state index contributed by atoms with van der Waals surface area (Å²) in [7, 11) is 0. The van der Waals surface area contributed by atoms with Gasteiger partial charge in [-0.3, -0.25) is 4.98 Å². The maximum Gasteiger partial charge on any atom is 0.169 e. The first-order valence-corrected chi connectivity index (χ1v) is 6.85. The van der Waals surface area contributed by atoms with Crippen molar-refractivity contribution in [3.8, 4) is 17.2 Å². The highest BCUT2D eigenvalue weighted by molar-refractivity contribution is 5.42. The zero-order valence-electron chi connectivity index (χ0n) is 11.9. The summed E-state index contributed by atoms with van der Waals surface area (Å²) in [5.41, 5.74) is 6.81. The lowest BCUT2D eigenvalue weighted by Gasteiger charge is -2.12. The molecule has 1 aromatic carbocycles. The van der Waals surface area contributed by atoms with Crippen LogP contribution in [0.5, 0.6) is 17.2 Å². The van der Waals surface area contributed by atoms with Crippen LogP contribution in [0.2, 0.25) is 0 Å². The molecule has 1 unspecified atom stereocenters. The molecule has 20 heavy (non-hydrogen) atoms. The van der Waals surface area contributed by atoms with Crippen LogP contribution in [0.3, 0.4) is 0 Å². The van der Waals surface area contributed by atoms with Gasteiger partial charge >= 0.3 is 0 Å². The van der Waals surface area contributed by atoms with Gasteiger partial charge in [0.25, 0.3) is 0 Å². The van der Waals surface area contributed by atoms with Crippen LogP contribution in [0.25, 0.3) is 0 Å². The van der Waals surface area contributed by atoms with Crippen LogP contribution in [0.4, 0.5) is 0 Å². The summed E-state index contributed by atoms with van der Waals surface area (Å²) in [6.07, 6.45) is 2.55. The summed E-state index contributed by atoms with van der Waals surface area (Å²) in [5.74, 6) is 2.08. The van der Waals surface area contributed by atoms with E-state index in [4.69, 9.17) is 15.2 Å². The van der Waals surface area contributed by atoms with Gasteiger partial charge < -0.3 is 15.2 Å². The first-order valence-electron chi connectivity index (χ1n) is 6.85. The average Bonchev–Trinajstić information content (AvgIpc) is 2.49. The minimum atomic E-state index is -0.0280. The molecule has 0 amide bonds. The fraction of sp³-hybridized carbons (Fsp3) is 0.312. The lowest BCUT2D eigenvalue weighted by Crippen LogP contribution is -2.10. The monoisotopic (exact) mass is 272 g/mol. The Morgan fingerprint density at radius 3 is 2.45 bits per heavy atom. The number of pyridine rings is 1. The predicted octanol–water partition coefficient (Wildman–Crippen LogP) is 3.68. The predicted molar refractivity (Wildman–Crippen MR) is 79.1 cm³/mol. The molecule has 0 saturated carbocycles. The quantitative estimate of drug-likeness (QED) is 0.871. The molecule has 4 heteroatoms. The largest absolute Gasteiger partial charge is 0.490 e. The molecule has 0 aliphatic carbocycles. The highest BCUT2D eigenvalue weighted by atomic mass is 16.5. The third-order valence-corrected chi connectivity index (χ3v) is 2.96. The molecule has 2 aromatic rings. The molecule has 4 nitrogen and oxygen atoms in total. The van der Waals surface area contributed by atoms with Crippen molar-refractivity contribution in [2.24, 2.45) is 5.73 Å². The van der Waals surface area contributed by atoms with Crippen molar-refractivity contribution in [2.75, 3.05) is 6.61 Å². The average molecular weight is 272 g/mol. The number of nitrogens with two attached hydrogens (primary N) is 1. The molecule has 0 bridgehead atoms. The summed E-state index contributed by atoms with van der Waals surface area (Å²) >= 11 is 0. The second-order valence-electron chi connectivity index (χ2n) is 4.42. The van der Waals surface area contributed by atoms with E-state index in [0.29, 0.717) is 18.1 Å². The van der Waals surface area contributed by atoms with Crippen molar-refractivity contribution in [1.82, 2.24) is 4.98 Å². The Morgan fingerprint density at radius 2 is 1.85 bits per heavy atom. The standard InChI is InChI=1S/C16H20N2O2/c1-3-13(17)14-10-9-12(11-18-14)20-16-8-6-5-7-15(16)19-4-2/h5-11,13H,3-4,17H2,1-2H3. The number of aromatic nitrogens is 1. The van der Waals surface area contributed by atoms with Crippen molar-refractivity contribution >= 4 is 0 Å². The van der Waals surface area contributed by atoms with Crippen molar-refractivity contribution in [2.45, 2.75) is 26.3 Å². The van der Waals surface area contributed by atoms with Gasteiger partial charge in [-0.25, -0.2) is 0 Å². The normalized spacial score (nSPS) is 11.9. The molecular weight excluding hydrogens is 252 g/mol. The van der Waals surface area contributed by atoms with E-state index in [1.165, 1.54) is 0 Å². The molecule has 0 radical (unpaired) electrons. The van der Waals surface area contributed by atoms with Gasteiger partial charge in [0, 0.05) is 6.04 Å². The van der Waals surface area contributed by atoms with Crippen LogP contribution < -0.4 is 15.2 Å². The number of hydrogen-bond acceptors (Lipinski definition) is 4. The van der Waals surface area contributed by atoms with Crippen molar-refractivity contribution in [1.29, 1.82) is 0 Å². The van der Waals surface area contributed by atoms with E-state index in [9.17, 15) is 0 Å². The number of rotatable bonds is 6. The van der Waals surface area contributed by atoms with Crippen molar-refractivity contribution in [3.05, 3.63) is 48.3 Å². The Hall–Kier alpha value is -2.07. The summed E-state index contributed by atoms with van der Waals surface area (Å²) < 4.78 is 11.3. The molecule has 0 saturated heterocycles. The molecule has 2 N–H and O–H groups in total. The highest BCUT2D eigenvalue weighted by Gasteiger charge is 2.07. The Kier molecular flexibility index (Phi) is 4.96. The van der Waals surface area contributed by atoms with Gasteiger partial charge in [0.2, 0.25) is 0 Å². The maximum absolute atomic E-state index is 5.94. The Balaban J connectivity index is 2.14. The fourth-order valence-corrected chi connectivity index (χ4v) is 1.82. The Labute approximate surface area is 119 Å². The lowest BCUT2D eigenvalue weighted by molar-refractivity contribution is 0.321. The van der Waals surface area contributed by atoms with E-state index in [1.54, 1.807) is 6.20 Å². The third kappa shape index (κ3) is 3.48. The SMILES string of the molecule is CCOc1ccccc1Oc1ccc(C(N)CC)nc1. The van der Waals surface area contributed by atoms with Crippen molar-refractivity contribution < 1.29 is 9.47 Å². The summed E-state index contributed by atoms with van der Waals surface area (Å²) in [4.78, 5) is 4.33.